The number of aliphatic carboxylic acids is 1. The first-order chi connectivity index (χ1) is 22.2. The molecule has 50 heavy (non-hydrogen) atoms. The highest BCUT2D eigenvalue weighted by Gasteiger charge is 2.75. The van der Waals surface area contributed by atoms with Crippen molar-refractivity contribution in [3.05, 3.63) is 34.3 Å². The van der Waals surface area contributed by atoms with E-state index in [1.807, 2.05) is 41.5 Å². The van der Waals surface area contributed by atoms with Crippen LogP contribution < -0.4 is 5.69 Å². The van der Waals surface area contributed by atoms with Crippen molar-refractivity contribution in [3.63, 3.8) is 0 Å². The molecule has 0 radical (unpaired) electrons. The Balaban J connectivity index is 0.000000332. The molecule has 0 aromatic carbocycles. The topological polar surface area (TPSA) is 219 Å². The molecular formula is C36H56N4O10. The minimum Gasteiger partial charge on any atom is -0.481 e. The fourth-order valence-corrected chi connectivity index (χ4v) is 7.28. The highest BCUT2D eigenvalue weighted by Crippen LogP contribution is 2.75. The van der Waals surface area contributed by atoms with Crippen molar-refractivity contribution in [1.82, 2.24) is 20.3 Å². The Hall–Kier alpha value is -4.23. The summed E-state index contributed by atoms with van der Waals surface area (Å²) in [6.07, 6.45) is 5.34. The molecular weight excluding hydrogens is 648 g/mol. The SMILES string of the molecule is C.C.CC(C)C(=O)C12CC(C(=O)O)(C1)C2.CC(C)C(=O)c1ccon1.CC(C)C(=O)c1n[nH]c(=O)[nH]1.COC(=O)C12CC(C(=O)C(C)C)(C1)C2. The largest absolute Gasteiger partial charge is 0.481 e. The average molecular weight is 705 g/mol. The van der Waals surface area contributed by atoms with Crippen molar-refractivity contribution < 1.29 is 43.1 Å². The zero-order valence-corrected chi connectivity index (χ0v) is 29.2. The first-order valence-corrected chi connectivity index (χ1v) is 16.2. The van der Waals surface area contributed by atoms with Crippen LogP contribution in [0.5, 0.6) is 0 Å². The number of H-pyrrole nitrogens is 2. The van der Waals surface area contributed by atoms with E-state index in [1.54, 1.807) is 19.9 Å². The van der Waals surface area contributed by atoms with Crippen LogP contribution in [0.3, 0.4) is 0 Å². The van der Waals surface area contributed by atoms with E-state index in [0.717, 1.165) is 19.3 Å². The molecule has 2 aromatic heterocycles. The molecule has 14 heteroatoms. The van der Waals surface area contributed by atoms with Crippen molar-refractivity contribution in [2.75, 3.05) is 7.11 Å². The Morgan fingerprint density at radius 1 is 0.740 bits per heavy atom. The molecule has 0 saturated heterocycles. The van der Waals surface area contributed by atoms with Gasteiger partial charge in [-0.2, -0.15) is 0 Å². The Labute approximate surface area is 293 Å². The van der Waals surface area contributed by atoms with Crippen molar-refractivity contribution in [2.24, 2.45) is 45.3 Å². The van der Waals surface area contributed by atoms with Gasteiger partial charge in [0, 0.05) is 40.6 Å². The van der Waals surface area contributed by atoms with E-state index in [9.17, 15) is 33.6 Å². The lowest BCUT2D eigenvalue weighted by Gasteiger charge is -2.67. The molecule has 14 nitrogen and oxygen atoms in total. The Kier molecular flexibility index (Phi) is 14.2. The van der Waals surface area contributed by atoms with Gasteiger partial charge in [-0.05, 0) is 38.5 Å². The monoisotopic (exact) mass is 704 g/mol. The van der Waals surface area contributed by atoms with Gasteiger partial charge in [0.2, 0.25) is 5.78 Å². The van der Waals surface area contributed by atoms with Crippen molar-refractivity contribution in [1.29, 1.82) is 0 Å². The second-order valence-corrected chi connectivity index (χ2v) is 15.0. The smallest absolute Gasteiger partial charge is 0.341 e. The molecule has 8 rings (SSSR count). The van der Waals surface area contributed by atoms with Crippen LogP contribution in [0, 0.1) is 45.3 Å². The number of esters is 1. The molecule has 0 amide bonds. The number of carbonyl (C=O) groups is 6. The van der Waals surface area contributed by atoms with Gasteiger partial charge in [0.25, 0.3) is 0 Å². The fourth-order valence-electron chi connectivity index (χ4n) is 7.28. The van der Waals surface area contributed by atoms with Gasteiger partial charge < -0.3 is 14.4 Å². The Morgan fingerprint density at radius 2 is 1.18 bits per heavy atom. The summed E-state index contributed by atoms with van der Waals surface area (Å²) >= 11 is 0. The molecule has 0 unspecified atom stereocenters. The summed E-state index contributed by atoms with van der Waals surface area (Å²) in [4.78, 5) is 80.5. The van der Waals surface area contributed by atoms with Gasteiger partial charge in [-0.3, -0.25) is 33.8 Å². The minimum absolute atomic E-state index is 0. The Morgan fingerprint density at radius 3 is 1.48 bits per heavy atom. The summed E-state index contributed by atoms with van der Waals surface area (Å²) in [6.45, 7) is 14.8. The second-order valence-electron chi connectivity index (χ2n) is 15.0. The summed E-state index contributed by atoms with van der Waals surface area (Å²) in [6, 6.07) is 1.57. The lowest BCUT2D eigenvalue weighted by atomic mass is 9.33. The van der Waals surface area contributed by atoms with E-state index in [1.165, 1.54) is 13.4 Å². The van der Waals surface area contributed by atoms with Gasteiger partial charge >= 0.3 is 17.6 Å². The quantitative estimate of drug-likeness (QED) is 0.199. The van der Waals surface area contributed by atoms with Crippen LogP contribution in [0.4, 0.5) is 0 Å². The molecule has 6 aliphatic rings. The summed E-state index contributed by atoms with van der Waals surface area (Å²) in [7, 11) is 1.42. The number of rotatable bonds is 10. The molecule has 4 bridgehead atoms. The van der Waals surface area contributed by atoms with Crippen molar-refractivity contribution >= 4 is 35.1 Å². The number of carbonyl (C=O) groups excluding carboxylic acids is 5. The molecule has 6 fully saturated rings. The predicted molar refractivity (Wildman–Crippen MR) is 184 cm³/mol. The molecule has 280 valence electrons. The van der Waals surface area contributed by atoms with Gasteiger partial charge in [0.15, 0.2) is 11.6 Å². The fraction of sp³-hybridized carbons (Fsp3) is 0.694. The van der Waals surface area contributed by atoms with Gasteiger partial charge in [0.05, 0.1) is 17.9 Å². The molecule has 3 N–H and O–H groups in total. The van der Waals surface area contributed by atoms with Crippen LogP contribution in [-0.2, 0) is 23.9 Å². The van der Waals surface area contributed by atoms with E-state index >= 15 is 0 Å². The third-order valence-electron chi connectivity index (χ3n) is 9.70. The van der Waals surface area contributed by atoms with E-state index < -0.39 is 17.1 Å². The van der Waals surface area contributed by atoms with Crippen LogP contribution >= 0.6 is 0 Å². The lowest BCUT2D eigenvalue weighted by Crippen LogP contribution is -2.69. The number of carboxylic acids is 1. The number of ketones is 4. The number of hydrogen-bond donors (Lipinski definition) is 3. The Bertz CT molecular complexity index is 1560. The first-order valence-electron chi connectivity index (χ1n) is 16.2. The predicted octanol–water partition coefficient (Wildman–Crippen LogP) is 5.74. The second kappa shape index (κ2) is 16.2. The summed E-state index contributed by atoms with van der Waals surface area (Å²) in [5.41, 5.74) is -1.21. The highest BCUT2D eigenvalue weighted by atomic mass is 16.5. The van der Waals surface area contributed by atoms with Gasteiger partial charge in [-0.15, -0.1) is 5.10 Å². The third kappa shape index (κ3) is 8.38. The number of methoxy groups -OCH3 is 1. The standard InChI is InChI=1S/C11H16O3.C10H14O3.C7H9NO2.C6H9N3O2.2CH4/c1-7(2)8(12)10-4-11(5-10,6-10)9(13)14-3;1-6(2)7(11)9-3-10(4-9,5-9)8(12)13;1-5(2)7(9)6-3-4-10-8-6;1-3(2)4(10)5-7-6(11)9-8-5;;/h7H,4-6H2,1-3H3;6H,3-5H2,1-2H3,(H,12,13);3-5H,1-2H3;3H,1-2H3,(H2,7,8,9,11);2*1H4. The molecule has 6 aliphatic carbocycles. The van der Waals surface area contributed by atoms with Crippen LogP contribution in [0.2, 0.25) is 0 Å². The molecule has 0 atom stereocenters. The van der Waals surface area contributed by atoms with E-state index in [0.29, 0.717) is 30.7 Å². The van der Waals surface area contributed by atoms with Crippen LogP contribution in [0.1, 0.15) is 130 Å². The maximum absolute atomic E-state index is 11.8. The number of nitrogens with zero attached hydrogens (tertiary/aromatic N) is 2. The van der Waals surface area contributed by atoms with Crippen LogP contribution in [0.15, 0.2) is 21.6 Å². The number of Topliss-reactive ketones (excluding diaryl/α,β-unsaturated/α-hetero) is 4. The third-order valence-corrected chi connectivity index (χ3v) is 9.70. The number of carboxylic acid groups (broad SMARTS) is 1. The average Bonchev–Trinajstić information content (AvgIpc) is 3.62. The number of hydrogen-bond acceptors (Lipinski definition) is 11. The van der Waals surface area contributed by atoms with Crippen LogP contribution in [0.25, 0.3) is 0 Å². The normalized spacial score (nSPS) is 25.8. The number of ether oxygens (including phenoxy) is 1. The zero-order chi connectivity index (χ0) is 36.4. The lowest BCUT2D eigenvalue weighted by molar-refractivity contribution is -0.223. The minimum atomic E-state index is -0.717. The zero-order valence-electron chi connectivity index (χ0n) is 29.2. The maximum atomic E-state index is 11.8. The maximum Gasteiger partial charge on any atom is 0.341 e. The van der Waals surface area contributed by atoms with E-state index in [2.05, 4.69) is 24.9 Å². The first kappa shape index (κ1) is 43.8. The summed E-state index contributed by atoms with van der Waals surface area (Å²) < 4.78 is 9.24. The van der Waals surface area contributed by atoms with E-state index in [-0.39, 0.29) is 83.9 Å². The van der Waals surface area contributed by atoms with Crippen LogP contribution in [-0.4, -0.2) is 67.6 Å². The van der Waals surface area contributed by atoms with Crippen molar-refractivity contribution in [2.45, 2.75) is 109 Å². The number of aromatic amines is 2. The molecule has 2 aromatic rings. The highest BCUT2D eigenvalue weighted by molar-refractivity contribution is 5.97. The van der Waals surface area contributed by atoms with Crippen molar-refractivity contribution in [3.8, 4) is 0 Å². The summed E-state index contributed by atoms with van der Waals surface area (Å²) in [5.74, 6) is -0.319. The number of aromatic nitrogens is 4. The van der Waals surface area contributed by atoms with Gasteiger partial charge in [-0.1, -0.05) is 75.4 Å². The summed E-state index contributed by atoms with van der Waals surface area (Å²) in [5, 5.41) is 18.0. The molecule has 0 aliphatic heterocycles. The van der Waals surface area contributed by atoms with Gasteiger partial charge in [0.1, 0.15) is 23.5 Å². The number of nitrogens with one attached hydrogen (secondary N) is 2. The molecule has 6 saturated carbocycles. The van der Waals surface area contributed by atoms with Gasteiger partial charge in [-0.25, -0.2) is 9.89 Å². The van der Waals surface area contributed by atoms with E-state index in [4.69, 9.17) is 9.84 Å². The molecule has 0 spiro atoms. The molecule has 2 heterocycles.